The van der Waals surface area contributed by atoms with Crippen molar-refractivity contribution in [1.29, 1.82) is 5.26 Å². The minimum absolute atomic E-state index is 0.366. The molecule has 0 spiro atoms. The van der Waals surface area contributed by atoms with Gasteiger partial charge in [-0.05, 0) is 24.3 Å². The molecule has 0 atom stereocenters. The molecule has 2 rings (SSSR count). The lowest BCUT2D eigenvalue weighted by molar-refractivity contribution is 0.415. The number of pyridine rings is 1. The fraction of sp³-hybridized carbons (Fsp3) is 0.0769. The fourth-order valence-corrected chi connectivity index (χ4v) is 1.53. The Bertz CT molecular complexity index is 626. The summed E-state index contributed by atoms with van der Waals surface area (Å²) in [6, 6.07) is 11.2. The summed E-state index contributed by atoms with van der Waals surface area (Å²) in [5.41, 5.74) is 7.49. The van der Waals surface area contributed by atoms with Gasteiger partial charge in [0, 0.05) is 11.5 Å². The van der Waals surface area contributed by atoms with Crippen molar-refractivity contribution in [3.63, 3.8) is 0 Å². The van der Waals surface area contributed by atoms with Crippen LogP contribution in [0.2, 0.25) is 0 Å². The van der Waals surface area contributed by atoms with E-state index in [1.807, 2.05) is 30.3 Å². The van der Waals surface area contributed by atoms with E-state index < -0.39 is 0 Å². The van der Waals surface area contributed by atoms with Gasteiger partial charge in [-0.2, -0.15) is 5.26 Å². The zero-order valence-corrected chi connectivity index (χ0v) is 9.34. The molecule has 1 heterocycles. The smallest absolute Gasteiger partial charge is 0.119 e. The average molecular weight is 225 g/mol. The van der Waals surface area contributed by atoms with Gasteiger partial charge in [-0.15, -0.1) is 0 Å². The van der Waals surface area contributed by atoms with Crippen LogP contribution in [0.1, 0.15) is 5.69 Å². The molecule has 0 amide bonds. The number of fused-ring (bicyclic) bond motifs is 1. The maximum atomic E-state index is 8.53. The SMILES string of the molecule is COc1ccc2nc(/C(N)=C\C#N)ccc2c1. The first kappa shape index (κ1) is 11.0. The Labute approximate surface area is 98.9 Å². The van der Waals surface area contributed by atoms with Gasteiger partial charge >= 0.3 is 0 Å². The quantitative estimate of drug-likeness (QED) is 0.794. The molecule has 0 saturated carbocycles. The first-order valence-electron chi connectivity index (χ1n) is 5.05. The van der Waals surface area contributed by atoms with Gasteiger partial charge in [0.2, 0.25) is 0 Å². The number of aromatic nitrogens is 1. The number of hydrogen-bond acceptors (Lipinski definition) is 4. The Hall–Kier alpha value is -2.54. The summed E-state index contributed by atoms with van der Waals surface area (Å²) in [5.74, 6) is 0.785. The molecule has 0 radical (unpaired) electrons. The number of methoxy groups -OCH3 is 1. The molecular weight excluding hydrogens is 214 g/mol. The summed E-state index contributed by atoms with van der Waals surface area (Å²) >= 11 is 0. The molecule has 0 aliphatic carbocycles. The van der Waals surface area contributed by atoms with Crippen LogP contribution in [0.15, 0.2) is 36.4 Å². The molecule has 84 valence electrons. The Kier molecular flexibility index (Phi) is 2.93. The first-order chi connectivity index (χ1) is 8.24. The van der Waals surface area contributed by atoms with Gasteiger partial charge in [0.05, 0.1) is 30.1 Å². The Morgan fingerprint density at radius 1 is 1.41 bits per heavy atom. The fourth-order valence-electron chi connectivity index (χ4n) is 1.53. The van der Waals surface area contributed by atoms with Crippen LogP contribution in [0.25, 0.3) is 16.6 Å². The van der Waals surface area contributed by atoms with Gasteiger partial charge in [0.1, 0.15) is 5.75 Å². The standard InChI is InChI=1S/C13H11N3O/c1-17-10-3-5-12-9(8-10)2-4-13(16-12)11(15)6-7-14/h2-6,8H,15H2,1H3/b11-6+. The summed E-state index contributed by atoms with van der Waals surface area (Å²) in [6.07, 6.45) is 1.28. The number of ether oxygens (including phenoxy) is 1. The lowest BCUT2D eigenvalue weighted by atomic mass is 10.1. The van der Waals surface area contributed by atoms with E-state index in [4.69, 9.17) is 15.7 Å². The summed E-state index contributed by atoms with van der Waals surface area (Å²) in [5, 5.41) is 9.50. The molecule has 1 aromatic carbocycles. The number of benzene rings is 1. The minimum atomic E-state index is 0.366. The molecule has 0 fully saturated rings. The lowest BCUT2D eigenvalue weighted by Gasteiger charge is -2.04. The summed E-state index contributed by atoms with van der Waals surface area (Å²) in [7, 11) is 1.62. The van der Waals surface area contributed by atoms with Gasteiger partial charge < -0.3 is 10.5 Å². The van der Waals surface area contributed by atoms with Gasteiger partial charge in [-0.1, -0.05) is 6.07 Å². The molecule has 4 nitrogen and oxygen atoms in total. The normalized spacial score (nSPS) is 11.2. The number of nitrogens with two attached hydrogens (primary N) is 1. The van der Waals surface area contributed by atoms with E-state index in [1.165, 1.54) is 6.08 Å². The molecule has 0 aliphatic rings. The van der Waals surface area contributed by atoms with Crippen LogP contribution in [0.3, 0.4) is 0 Å². The van der Waals surface area contributed by atoms with Crippen molar-refractivity contribution in [1.82, 2.24) is 4.98 Å². The molecular formula is C13H11N3O. The molecule has 2 N–H and O–H groups in total. The molecule has 0 unspecified atom stereocenters. The maximum Gasteiger partial charge on any atom is 0.119 e. The largest absolute Gasteiger partial charge is 0.497 e. The molecule has 0 saturated heterocycles. The summed E-state index contributed by atoms with van der Waals surface area (Å²) in [4.78, 5) is 4.37. The van der Waals surface area contributed by atoms with Crippen LogP contribution >= 0.6 is 0 Å². The van der Waals surface area contributed by atoms with Crippen molar-refractivity contribution in [3.05, 3.63) is 42.1 Å². The molecule has 1 aromatic heterocycles. The third-order valence-electron chi connectivity index (χ3n) is 2.41. The Balaban J connectivity index is 2.53. The van der Waals surface area contributed by atoms with E-state index in [-0.39, 0.29) is 0 Å². The monoisotopic (exact) mass is 225 g/mol. The van der Waals surface area contributed by atoms with E-state index in [0.717, 1.165) is 16.7 Å². The van der Waals surface area contributed by atoms with Crippen molar-refractivity contribution in [2.75, 3.05) is 7.11 Å². The third-order valence-corrected chi connectivity index (χ3v) is 2.41. The number of allylic oxidation sites excluding steroid dienone is 1. The summed E-state index contributed by atoms with van der Waals surface area (Å²) in [6.45, 7) is 0. The Morgan fingerprint density at radius 3 is 2.94 bits per heavy atom. The average Bonchev–Trinajstić information content (AvgIpc) is 2.37. The lowest BCUT2D eigenvalue weighted by Crippen LogP contribution is -1.98. The second kappa shape index (κ2) is 4.54. The maximum absolute atomic E-state index is 8.53. The molecule has 0 aliphatic heterocycles. The van der Waals surface area contributed by atoms with E-state index in [2.05, 4.69) is 4.98 Å². The second-order valence-electron chi connectivity index (χ2n) is 3.48. The Morgan fingerprint density at radius 2 is 2.24 bits per heavy atom. The van der Waals surface area contributed by atoms with Crippen molar-refractivity contribution in [2.24, 2.45) is 5.73 Å². The molecule has 0 bridgehead atoms. The molecule has 17 heavy (non-hydrogen) atoms. The number of rotatable bonds is 2. The van der Waals surface area contributed by atoms with Crippen LogP contribution in [-0.4, -0.2) is 12.1 Å². The van der Waals surface area contributed by atoms with Crippen LogP contribution in [0, 0.1) is 11.3 Å². The van der Waals surface area contributed by atoms with Gasteiger partial charge in [-0.3, -0.25) is 0 Å². The van der Waals surface area contributed by atoms with Gasteiger partial charge in [0.25, 0.3) is 0 Å². The van der Waals surface area contributed by atoms with Crippen LogP contribution in [0.5, 0.6) is 5.75 Å². The van der Waals surface area contributed by atoms with E-state index in [0.29, 0.717) is 11.4 Å². The number of nitrogens with zero attached hydrogens (tertiary/aromatic N) is 2. The van der Waals surface area contributed by atoms with Crippen molar-refractivity contribution >= 4 is 16.6 Å². The highest BCUT2D eigenvalue weighted by Gasteiger charge is 2.02. The van der Waals surface area contributed by atoms with E-state index >= 15 is 0 Å². The van der Waals surface area contributed by atoms with Gasteiger partial charge in [0.15, 0.2) is 0 Å². The van der Waals surface area contributed by atoms with Crippen molar-refractivity contribution in [2.45, 2.75) is 0 Å². The topological polar surface area (TPSA) is 71.9 Å². The predicted molar refractivity (Wildman–Crippen MR) is 66.1 cm³/mol. The van der Waals surface area contributed by atoms with E-state index in [1.54, 1.807) is 13.2 Å². The van der Waals surface area contributed by atoms with Crippen LogP contribution in [0.4, 0.5) is 0 Å². The van der Waals surface area contributed by atoms with Crippen molar-refractivity contribution in [3.8, 4) is 11.8 Å². The number of hydrogen-bond donors (Lipinski definition) is 1. The molecule has 4 heteroatoms. The first-order valence-corrected chi connectivity index (χ1v) is 5.05. The van der Waals surface area contributed by atoms with Gasteiger partial charge in [-0.25, -0.2) is 4.98 Å². The van der Waals surface area contributed by atoms with E-state index in [9.17, 15) is 0 Å². The zero-order valence-electron chi connectivity index (χ0n) is 9.34. The zero-order chi connectivity index (χ0) is 12.3. The van der Waals surface area contributed by atoms with Crippen LogP contribution < -0.4 is 10.5 Å². The highest BCUT2D eigenvalue weighted by atomic mass is 16.5. The van der Waals surface area contributed by atoms with Crippen molar-refractivity contribution < 1.29 is 4.74 Å². The van der Waals surface area contributed by atoms with Crippen LogP contribution in [-0.2, 0) is 0 Å². The minimum Gasteiger partial charge on any atom is -0.497 e. The molecule has 2 aromatic rings. The number of nitriles is 1. The summed E-state index contributed by atoms with van der Waals surface area (Å²) < 4.78 is 5.13. The predicted octanol–water partition coefficient (Wildman–Crippen LogP) is 2.07. The third kappa shape index (κ3) is 2.18. The highest BCUT2D eigenvalue weighted by Crippen LogP contribution is 2.20. The highest BCUT2D eigenvalue weighted by molar-refractivity contribution is 5.82. The second-order valence-corrected chi connectivity index (χ2v) is 3.48.